The first kappa shape index (κ1) is 22.0. The molecule has 10 nitrogen and oxygen atoms in total. The van der Waals surface area contributed by atoms with Crippen LogP contribution < -0.4 is 22.1 Å². The molecule has 3 heterocycles. The topological polar surface area (TPSA) is 121 Å². The van der Waals surface area contributed by atoms with Crippen molar-refractivity contribution in [2.75, 3.05) is 5.32 Å². The van der Waals surface area contributed by atoms with Crippen LogP contribution in [0, 0.1) is 6.92 Å². The Hall–Kier alpha value is -4.86. The summed E-state index contributed by atoms with van der Waals surface area (Å²) in [6.45, 7) is 1.75. The lowest BCUT2D eigenvalue weighted by Crippen LogP contribution is -2.37. The molecule has 174 valence electrons. The van der Waals surface area contributed by atoms with Crippen molar-refractivity contribution in [1.29, 1.82) is 0 Å². The SMILES string of the molecule is Cc1nc2ccccc2c(=O)n1-c1ccc(C(=O)Nc2cnc3c(c2)c(=O)n(C)c(=O)n3C)cc1. The highest BCUT2D eigenvalue weighted by atomic mass is 16.2. The molecule has 5 rings (SSSR count). The fourth-order valence-corrected chi connectivity index (χ4v) is 4.05. The van der Waals surface area contributed by atoms with Crippen LogP contribution in [-0.2, 0) is 14.1 Å². The van der Waals surface area contributed by atoms with E-state index in [2.05, 4.69) is 15.3 Å². The lowest BCUT2D eigenvalue weighted by Gasteiger charge is -2.12. The second-order valence-electron chi connectivity index (χ2n) is 8.12. The molecule has 0 unspecified atom stereocenters. The number of fused-ring (bicyclic) bond motifs is 2. The summed E-state index contributed by atoms with van der Waals surface area (Å²) >= 11 is 0. The maximum absolute atomic E-state index is 13.0. The highest BCUT2D eigenvalue weighted by Crippen LogP contribution is 2.16. The molecular formula is C25H20N6O4. The second kappa shape index (κ2) is 8.17. The standard InChI is InChI=1S/C25H20N6O4/c1-14-27-20-7-5-4-6-18(20)24(34)31(14)17-10-8-15(9-11-17)22(32)28-16-12-19-21(26-13-16)29(2)25(35)30(3)23(19)33/h4-13H,1-3H3,(H,28,32). The Kier molecular flexibility index (Phi) is 5.13. The van der Waals surface area contributed by atoms with E-state index in [1.807, 2.05) is 6.07 Å². The van der Waals surface area contributed by atoms with E-state index in [4.69, 9.17) is 0 Å². The number of amides is 1. The molecule has 35 heavy (non-hydrogen) atoms. The highest BCUT2D eigenvalue weighted by Gasteiger charge is 2.14. The lowest BCUT2D eigenvalue weighted by atomic mass is 10.1. The average molecular weight is 468 g/mol. The highest BCUT2D eigenvalue weighted by molar-refractivity contribution is 6.04. The number of aromatic nitrogens is 5. The van der Waals surface area contributed by atoms with E-state index in [-0.39, 0.29) is 16.6 Å². The van der Waals surface area contributed by atoms with Crippen LogP contribution in [0.3, 0.4) is 0 Å². The van der Waals surface area contributed by atoms with Gasteiger partial charge in [0.05, 0.1) is 33.9 Å². The fraction of sp³-hybridized carbons (Fsp3) is 0.120. The normalized spacial score (nSPS) is 11.2. The minimum atomic E-state index is -0.499. The molecule has 3 aromatic heterocycles. The van der Waals surface area contributed by atoms with Gasteiger partial charge in [0.15, 0.2) is 0 Å². The van der Waals surface area contributed by atoms with Crippen molar-refractivity contribution in [1.82, 2.24) is 23.7 Å². The molecule has 0 aliphatic rings. The van der Waals surface area contributed by atoms with Crippen LogP contribution in [0.1, 0.15) is 16.2 Å². The summed E-state index contributed by atoms with van der Waals surface area (Å²) in [7, 11) is 2.91. The van der Waals surface area contributed by atoms with Gasteiger partial charge < -0.3 is 5.32 Å². The minimum Gasteiger partial charge on any atom is -0.321 e. The maximum Gasteiger partial charge on any atom is 0.332 e. The number of aryl methyl sites for hydroxylation is 2. The van der Waals surface area contributed by atoms with E-state index in [0.717, 1.165) is 4.57 Å². The lowest BCUT2D eigenvalue weighted by molar-refractivity contribution is 0.102. The van der Waals surface area contributed by atoms with Gasteiger partial charge >= 0.3 is 5.69 Å². The van der Waals surface area contributed by atoms with Crippen LogP contribution in [-0.4, -0.2) is 29.6 Å². The summed E-state index contributed by atoms with van der Waals surface area (Å²) in [4.78, 5) is 59.1. The predicted octanol–water partition coefficient (Wildman–Crippen LogP) is 1.89. The van der Waals surface area contributed by atoms with E-state index in [0.29, 0.717) is 33.7 Å². The molecule has 0 bridgehead atoms. The maximum atomic E-state index is 13.0. The molecule has 0 radical (unpaired) electrons. The fourth-order valence-electron chi connectivity index (χ4n) is 4.05. The molecule has 0 aliphatic carbocycles. The van der Waals surface area contributed by atoms with E-state index >= 15 is 0 Å². The van der Waals surface area contributed by atoms with E-state index in [9.17, 15) is 19.2 Å². The molecule has 1 amide bonds. The zero-order valence-electron chi connectivity index (χ0n) is 19.1. The molecule has 0 saturated carbocycles. The molecular weight excluding hydrogens is 448 g/mol. The quantitative estimate of drug-likeness (QED) is 0.432. The third-order valence-electron chi connectivity index (χ3n) is 5.88. The molecule has 0 fully saturated rings. The summed E-state index contributed by atoms with van der Waals surface area (Å²) in [6, 6.07) is 15.2. The number of carbonyl (C=O) groups is 1. The first-order valence-electron chi connectivity index (χ1n) is 10.7. The van der Waals surface area contributed by atoms with Gasteiger partial charge in [-0.1, -0.05) is 12.1 Å². The third-order valence-corrected chi connectivity index (χ3v) is 5.88. The second-order valence-corrected chi connectivity index (χ2v) is 8.12. The summed E-state index contributed by atoms with van der Waals surface area (Å²) in [5, 5.41) is 3.44. The number of rotatable bonds is 3. The number of hydrogen-bond donors (Lipinski definition) is 1. The number of para-hydroxylation sites is 1. The number of pyridine rings is 1. The summed E-state index contributed by atoms with van der Waals surface area (Å²) < 4.78 is 3.75. The van der Waals surface area contributed by atoms with Crippen LogP contribution in [0.2, 0.25) is 0 Å². The summed E-state index contributed by atoms with van der Waals surface area (Å²) in [5.41, 5.74) is 0.924. The van der Waals surface area contributed by atoms with Crippen molar-refractivity contribution >= 4 is 33.5 Å². The molecule has 0 atom stereocenters. The predicted molar refractivity (Wildman–Crippen MR) is 132 cm³/mol. The Bertz CT molecular complexity index is 1830. The monoisotopic (exact) mass is 468 g/mol. The van der Waals surface area contributed by atoms with Crippen LogP contribution in [0.5, 0.6) is 0 Å². The van der Waals surface area contributed by atoms with Crippen molar-refractivity contribution < 1.29 is 4.79 Å². The van der Waals surface area contributed by atoms with Crippen LogP contribution in [0.4, 0.5) is 5.69 Å². The number of benzene rings is 2. The Balaban J connectivity index is 1.46. The van der Waals surface area contributed by atoms with Gasteiger partial charge in [-0.25, -0.2) is 14.8 Å². The zero-order valence-corrected chi connectivity index (χ0v) is 19.1. The molecule has 1 N–H and O–H groups in total. The van der Waals surface area contributed by atoms with E-state index in [1.165, 1.54) is 35.5 Å². The van der Waals surface area contributed by atoms with Crippen LogP contribution >= 0.6 is 0 Å². The van der Waals surface area contributed by atoms with Gasteiger partial charge in [0.1, 0.15) is 11.5 Å². The first-order chi connectivity index (χ1) is 16.8. The van der Waals surface area contributed by atoms with Crippen molar-refractivity contribution in [2.24, 2.45) is 14.1 Å². The Morgan fingerprint density at radius 3 is 2.34 bits per heavy atom. The van der Waals surface area contributed by atoms with Gasteiger partial charge in [-0.15, -0.1) is 0 Å². The molecule has 0 spiro atoms. The van der Waals surface area contributed by atoms with Gasteiger partial charge in [-0.3, -0.25) is 28.1 Å². The van der Waals surface area contributed by atoms with Crippen LogP contribution in [0.25, 0.3) is 27.6 Å². The molecule has 2 aromatic carbocycles. The Labute approximate surface area is 197 Å². The largest absolute Gasteiger partial charge is 0.332 e. The number of nitrogens with one attached hydrogen (secondary N) is 1. The van der Waals surface area contributed by atoms with Crippen molar-refractivity contribution in [3.05, 3.63) is 103 Å². The van der Waals surface area contributed by atoms with Gasteiger partial charge in [-0.2, -0.15) is 0 Å². The van der Waals surface area contributed by atoms with Gasteiger partial charge in [-0.05, 0) is 49.4 Å². The van der Waals surface area contributed by atoms with Crippen molar-refractivity contribution in [3.63, 3.8) is 0 Å². The van der Waals surface area contributed by atoms with E-state index in [1.54, 1.807) is 49.4 Å². The summed E-state index contributed by atoms with van der Waals surface area (Å²) in [6.07, 6.45) is 1.39. The number of hydrogen-bond acceptors (Lipinski definition) is 6. The summed E-state index contributed by atoms with van der Waals surface area (Å²) in [5.74, 6) is 0.115. The Morgan fingerprint density at radius 2 is 1.60 bits per heavy atom. The zero-order chi connectivity index (χ0) is 24.9. The number of anilines is 1. The first-order valence-corrected chi connectivity index (χ1v) is 10.7. The third kappa shape index (κ3) is 3.61. The van der Waals surface area contributed by atoms with Crippen LogP contribution in [0.15, 0.2) is 75.2 Å². The molecule has 0 aliphatic heterocycles. The number of carbonyl (C=O) groups excluding carboxylic acids is 1. The molecule has 0 saturated heterocycles. The molecule has 10 heteroatoms. The minimum absolute atomic E-state index is 0.191. The van der Waals surface area contributed by atoms with Gasteiger partial charge in [0.2, 0.25) is 0 Å². The van der Waals surface area contributed by atoms with Crippen molar-refractivity contribution in [3.8, 4) is 5.69 Å². The number of nitrogens with zero attached hydrogens (tertiary/aromatic N) is 5. The average Bonchev–Trinajstić information content (AvgIpc) is 2.86. The molecule has 5 aromatic rings. The van der Waals surface area contributed by atoms with E-state index < -0.39 is 17.2 Å². The Morgan fingerprint density at radius 1 is 0.886 bits per heavy atom. The van der Waals surface area contributed by atoms with Gasteiger partial charge in [0.25, 0.3) is 17.0 Å². The van der Waals surface area contributed by atoms with Crippen molar-refractivity contribution in [2.45, 2.75) is 6.92 Å². The smallest absolute Gasteiger partial charge is 0.321 e. The van der Waals surface area contributed by atoms with Gasteiger partial charge in [0, 0.05) is 19.7 Å².